The van der Waals surface area contributed by atoms with Gasteiger partial charge in [0.05, 0.1) is 23.4 Å². The van der Waals surface area contributed by atoms with Crippen molar-refractivity contribution in [3.05, 3.63) is 0 Å². The summed E-state index contributed by atoms with van der Waals surface area (Å²) in [4.78, 5) is 39.3. The first-order valence-corrected chi connectivity index (χ1v) is 15.6. The Morgan fingerprint density at radius 3 is 2.15 bits per heavy atom. The minimum atomic E-state index is -1.07. The summed E-state index contributed by atoms with van der Waals surface area (Å²) in [6.45, 7) is 21.2. The fourth-order valence-electron chi connectivity index (χ4n) is 8.52. The maximum atomic E-state index is 13.6. The van der Waals surface area contributed by atoms with Gasteiger partial charge < -0.3 is 19.3 Å². The zero-order valence-corrected chi connectivity index (χ0v) is 26.9. The Bertz CT molecular complexity index is 970. The Morgan fingerprint density at radius 1 is 1.02 bits per heavy atom. The summed E-state index contributed by atoms with van der Waals surface area (Å²) < 4.78 is 17.8. The van der Waals surface area contributed by atoms with Crippen molar-refractivity contribution >= 4 is 17.9 Å². The molecule has 2 aliphatic carbocycles. The molecule has 2 saturated carbocycles. The van der Waals surface area contributed by atoms with Gasteiger partial charge in [0.2, 0.25) is 6.29 Å². The summed E-state index contributed by atoms with van der Waals surface area (Å²) in [6, 6.07) is 0. The van der Waals surface area contributed by atoms with Gasteiger partial charge in [0.15, 0.2) is 0 Å². The van der Waals surface area contributed by atoms with E-state index in [2.05, 4.69) is 34.6 Å². The van der Waals surface area contributed by atoms with Crippen molar-refractivity contribution in [2.45, 2.75) is 145 Å². The van der Waals surface area contributed by atoms with Gasteiger partial charge in [-0.25, -0.2) is 0 Å². The lowest BCUT2D eigenvalue weighted by Crippen LogP contribution is -2.48. The molecule has 3 aliphatic rings. The third-order valence-electron chi connectivity index (χ3n) is 12.2. The predicted molar refractivity (Wildman–Crippen MR) is 154 cm³/mol. The number of carbonyl (C=O) groups is 3. The van der Waals surface area contributed by atoms with E-state index in [1.54, 1.807) is 6.92 Å². The van der Waals surface area contributed by atoms with E-state index in [0.29, 0.717) is 32.3 Å². The number of rotatable bonds is 12. The average molecular weight is 565 g/mol. The minimum Gasteiger partial charge on any atom is -0.481 e. The van der Waals surface area contributed by atoms with Crippen molar-refractivity contribution in [1.29, 1.82) is 0 Å². The number of fused-ring (bicyclic) bond motifs is 2. The van der Waals surface area contributed by atoms with Gasteiger partial charge in [0.25, 0.3) is 0 Å². The molecule has 0 aromatic heterocycles. The second kappa shape index (κ2) is 11.2. The summed E-state index contributed by atoms with van der Waals surface area (Å²) in [6.07, 6.45) is 6.54. The molecule has 7 nitrogen and oxygen atoms in total. The molecule has 8 unspecified atom stereocenters. The van der Waals surface area contributed by atoms with E-state index < -0.39 is 34.7 Å². The Hall–Kier alpha value is -1.63. The van der Waals surface area contributed by atoms with E-state index >= 15 is 0 Å². The first-order valence-electron chi connectivity index (χ1n) is 15.6. The van der Waals surface area contributed by atoms with Crippen LogP contribution in [0.2, 0.25) is 0 Å². The molecular formula is C33H56O7. The van der Waals surface area contributed by atoms with E-state index in [1.807, 2.05) is 27.7 Å². The maximum Gasteiger partial charge on any atom is 0.314 e. The van der Waals surface area contributed by atoms with Crippen LogP contribution in [-0.4, -0.2) is 41.5 Å². The lowest BCUT2D eigenvalue weighted by molar-refractivity contribution is -0.199. The van der Waals surface area contributed by atoms with Crippen LogP contribution in [0.3, 0.4) is 0 Å². The van der Waals surface area contributed by atoms with E-state index in [9.17, 15) is 19.5 Å². The number of aliphatic carboxylic acids is 1. The highest BCUT2D eigenvalue weighted by atomic mass is 16.7. The summed E-state index contributed by atoms with van der Waals surface area (Å²) in [7, 11) is 0. The first-order chi connectivity index (χ1) is 18.3. The lowest BCUT2D eigenvalue weighted by atomic mass is 9.63. The zero-order valence-electron chi connectivity index (χ0n) is 26.9. The van der Waals surface area contributed by atoms with Gasteiger partial charge >= 0.3 is 17.9 Å². The SMILES string of the molecule is CCC(C)(CC(C)(CC(C)CC(C)C(=O)OC1(C)CC2(C)CCC1(C)C2(C)C)C(=O)OC1CCCCO1)C(=O)O. The summed E-state index contributed by atoms with van der Waals surface area (Å²) in [5.41, 5.74) is -2.48. The van der Waals surface area contributed by atoms with Gasteiger partial charge in [-0.15, -0.1) is 0 Å². The Kier molecular flexibility index (Phi) is 9.22. The summed E-state index contributed by atoms with van der Waals surface area (Å²) >= 11 is 0. The Balaban J connectivity index is 1.71. The van der Waals surface area contributed by atoms with Crippen LogP contribution in [0.15, 0.2) is 0 Å². The lowest BCUT2D eigenvalue weighted by Gasteiger charge is -2.46. The molecule has 1 heterocycles. The molecule has 1 saturated heterocycles. The molecule has 0 aromatic rings. The van der Waals surface area contributed by atoms with Gasteiger partial charge in [-0.3, -0.25) is 14.4 Å². The molecule has 1 N–H and O–H groups in total. The number of carboxylic acids is 1. The van der Waals surface area contributed by atoms with E-state index in [4.69, 9.17) is 14.2 Å². The fraction of sp³-hybridized carbons (Fsp3) is 0.909. The molecule has 40 heavy (non-hydrogen) atoms. The standard InChI is InChI=1S/C33H56O7/c1-11-29(6,26(35)36)20-30(7,27(37)39-24-14-12-13-17-38-24)19-22(2)18-23(3)25(34)40-33(10)21-31(8)15-16-32(33,9)28(31,4)5/h22-24H,11-21H2,1-10H3,(H,35,36). The van der Waals surface area contributed by atoms with Crippen molar-refractivity contribution in [3.63, 3.8) is 0 Å². The molecule has 3 rings (SSSR count). The van der Waals surface area contributed by atoms with Crippen LogP contribution >= 0.6 is 0 Å². The van der Waals surface area contributed by atoms with Crippen molar-refractivity contribution in [2.75, 3.05) is 6.61 Å². The van der Waals surface area contributed by atoms with E-state index in [-0.39, 0.29) is 40.5 Å². The second-order valence-corrected chi connectivity index (χ2v) is 15.5. The molecule has 0 amide bonds. The molecule has 3 fully saturated rings. The van der Waals surface area contributed by atoms with Crippen molar-refractivity contribution in [1.82, 2.24) is 0 Å². The van der Waals surface area contributed by atoms with Crippen molar-refractivity contribution < 1.29 is 33.7 Å². The van der Waals surface area contributed by atoms with Crippen LogP contribution in [0, 0.1) is 38.9 Å². The van der Waals surface area contributed by atoms with Gasteiger partial charge in [0, 0.05) is 11.8 Å². The minimum absolute atomic E-state index is 0.0281. The smallest absolute Gasteiger partial charge is 0.314 e. The zero-order chi connectivity index (χ0) is 30.4. The van der Waals surface area contributed by atoms with Crippen LogP contribution in [0.5, 0.6) is 0 Å². The maximum absolute atomic E-state index is 13.6. The van der Waals surface area contributed by atoms with Crippen LogP contribution in [0.25, 0.3) is 0 Å². The molecule has 1 aliphatic heterocycles. The Labute approximate surface area is 242 Å². The topological polar surface area (TPSA) is 99.1 Å². The predicted octanol–water partition coefficient (Wildman–Crippen LogP) is 7.54. The van der Waals surface area contributed by atoms with Crippen molar-refractivity contribution in [3.8, 4) is 0 Å². The first kappa shape index (κ1) is 32.9. The van der Waals surface area contributed by atoms with Crippen LogP contribution in [0.4, 0.5) is 0 Å². The summed E-state index contributed by atoms with van der Waals surface area (Å²) in [5.74, 6) is -1.90. The third-order valence-corrected chi connectivity index (χ3v) is 12.2. The summed E-state index contributed by atoms with van der Waals surface area (Å²) in [5, 5.41) is 9.99. The number of hydrogen-bond acceptors (Lipinski definition) is 6. The molecule has 0 aromatic carbocycles. The number of esters is 2. The normalized spacial score (nSPS) is 35.7. The highest BCUT2D eigenvalue weighted by Gasteiger charge is 2.73. The number of hydrogen-bond donors (Lipinski definition) is 1. The number of carbonyl (C=O) groups excluding carboxylic acids is 2. The molecule has 7 heteroatoms. The molecule has 0 spiro atoms. The van der Waals surface area contributed by atoms with Gasteiger partial charge in [-0.1, -0.05) is 48.5 Å². The van der Waals surface area contributed by atoms with Crippen LogP contribution < -0.4 is 0 Å². The molecule has 230 valence electrons. The monoisotopic (exact) mass is 564 g/mol. The number of ether oxygens (including phenoxy) is 3. The van der Waals surface area contributed by atoms with Gasteiger partial charge in [-0.05, 0) is 95.3 Å². The van der Waals surface area contributed by atoms with Crippen LogP contribution in [0.1, 0.15) is 133 Å². The number of carboxylic acid groups (broad SMARTS) is 1. The Morgan fingerprint density at radius 2 is 1.68 bits per heavy atom. The highest BCUT2D eigenvalue weighted by Crippen LogP contribution is 2.76. The highest BCUT2D eigenvalue weighted by molar-refractivity contribution is 5.80. The molecule has 2 bridgehead atoms. The molecule has 0 radical (unpaired) electrons. The largest absolute Gasteiger partial charge is 0.481 e. The quantitative estimate of drug-likeness (QED) is 0.244. The van der Waals surface area contributed by atoms with Gasteiger partial charge in [-0.2, -0.15) is 0 Å². The van der Waals surface area contributed by atoms with Crippen molar-refractivity contribution in [2.24, 2.45) is 38.9 Å². The molecule has 8 atom stereocenters. The van der Waals surface area contributed by atoms with Gasteiger partial charge in [0.1, 0.15) is 5.60 Å². The average Bonchev–Trinajstić information content (AvgIpc) is 3.10. The molecular weight excluding hydrogens is 508 g/mol. The second-order valence-electron chi connectivity index (χ2n) is 15.5. The van der Waals surface area contributed by atoms with Crippen LogP contribution in [-0.2, 0) is 28.6 Å². The van der Waals surface area contributed by atoms with E-state index in [1.165, 1.54) is 0 Å². The fourth-order valence-corrected chi connectivity index (χ4v) is 8.52. The third kappa shape index (κ3) is 5.70. The van der Waals surface area contributed by atoms with E-state index in [0.717, 1.165) is 32.1 Å².